The van der Waals surface area contributed by atoms with Crippen LogP contribution in [0, 0.1) is 23.7 Å². The number of aryl methyl sites for hydroxylation is 1. The van der Waals surface area contributed by atoms with Crippen molar-refractivity contribution in [2.75, 3.05) is 0 Å². The molecule has 0 bridgehead atoms. The fourth-order valence-corrected chi connectivity index (χ4v) is 6.87. The summed E-state index contributed by atoms with van der Waals surface area (Å²) in [5.41, 5.74) is 5.09. The van der Waals surface area contributed by atoms with E-state index in [-0.39, 0.29) is 0 Å². The van der Waals surface area contributed by atoms with Crippen molar-refractivity contribution in [3.8, 4) is 0 Å². The van der Waals surface area contributed by atoms with E-state index in [0.29, 0.717) is 0 Å². The summed E-state index contributed by atoms with van der Waals surface area (Å²) in [7, 11) is 0. The van der Waals surface area contributed by atoms with Crippen molar-refractivity contribution in [1.29, 1.82) is 0 Å². The molecule has 1 aromatic carbocycles. The predicted molar refractivity (Wildman–Crippen MR) is 122 cm³/mol. The molecule has 5 atom stereocenters. The van der Waals surface area contributed by atoms with Gasteiger partial charge in [-0.25, -0.2) is 0 Å². The van der Waals surface area contributed by atoms with Gasteiger partial charge in [-0.2, -0.15) is 0 Å². The number of hydrogen-bond acceptors (Lipinski definition) is 0. The van der Waals surface area contributed by atoms with Crippen LogP contribution in [0.2, 0.25) is 0 Å². The monoisotopic (exact) mass is 380 g/mol. The van der Waals surface area contributed by atoms with E-state index in [4.69, 9.17) is 0 Å². The average molecular weight is 381 g/mol. The Hall–Kier alpha value is -0.780. The minimum Gasteiger partial charge on any atom is -0.0654 e. The Morgan fingerprint density at radius 1 is 0.786 bits per heavy atom. The van der Waals surface area contributed by atoms with Gasteiger partial charge in [0.2, 0.25) is 0 Å². The van der Waals surface area contributed by atoms with Gasteiger partial charge < -0.3 is 0 Å². The number of benzene rings is 1. The number of fused-ring (bicyclic) bond motifs is 2. The van der Waals surface area contributed by atoms with E-state index in [9.17, 15) is 0 Å². The summed E-state index contributed by atoms with van der Waals surface area (Å²) in [6, 6.07) is 7.70. The van der Waals surface area contributed by atoms with Crippen molar-refractivity contribution < 1.29 is 0 Å². The number of hydrogen-bond donors (Lipinski definition) is 0. The summed E-state index contributed by atoms with van der Waals surface area (Å²) >= 11 is 0. The van der Waals surface area contributed by atoms with Gasteiger partial charge in [0.15, 0.2) is 0 Å². The van der Waals surface area contributed by atoms with Gasteiger partial charge in [0.25, 0.3) is 0 Å². The Morgan fingerprint density at radius 3 is 2.50 bits per heavy atom. The van der Waals surface area contributed by atoms with Crippen LogP contribution in [0.5, 0.6) is 0 Å². The van der Waals surface area contributed by atoms with Gasteiger partial charge in [-0.05, 0) is 97.6 Å². The van der Waals surface area contributed by atoms with Crippen molar-refractivity contribution >= 4 is 0 Å². The van der Waals surface area contributed by atoms with Gasteiger partial charge in [-0.15, -0.1) is 0 Å². The molecule has 4 rings (SSSR count). The third kappa shape index (κ3) is 4.85. The Bertz CT molecular complexity index is 614. The van der Waals surface area contributed by atoms with E-state index in [2.05, 4.69) is 32.0 Å². The lowest BCUT2D eigenvalue weighted by atomic mass is 9.63. The summed E-state index contributed by atoms with van der Waals surface area (Å²) in [6.45, 7) is 4.72. The first-order valence-corrected chi connectivity index (χ1v) is 12.9. The summed E-state index contributed by atoms with van der Waals surface area (Å²) in [6.07, 6.45) is 21.7. The summed E-state index contributed by atoms with van der Waals surface area (Å²) < 4.78 is 0. The second kappa shape index (κ2) is 9.82. The molecule has 0 aromatic heterocycles. The maximum Gasteiger partial charge on any atom is -0.0159 e. The molecule has 0 spiro atoms. The van der Waals surface area contributed by atoms with Gasteiger partial charge in [0.1, 0.15) is 0 Å². The molecular formula is C28H44. The van der Waals surface area contributed by atoms with E-state index in [1.807, 2.05) is 0 Å². The zero-order valence-electron chi connectivity index (χ0n) is 18.7. The molecule has 2 fully saturated rings. The molecule has 156 valence electrons. The molecule has 0 heteroatoms. The summed E-state index contributed by atoms with van der Waals surface area (Å²) in [5, 5.41) is 0. The first-order valence-electron chi connectivity index (χ1n) is 12.9. The number of unbranched alkanes of at least 4 members (excludes halogenated alkanes) is 3. The topological polar surface area (TPSA) is 0 Å². The van der Waals surface area contributed by atoms with Crippen molar-refractivity contribution in [3.05, 3.63) is 34.9 Å². The molecule has 0 amide bonds. The average Bonchev–Trinajstić information content (AvgIpc) is 2.75. The van der Waals surface area contributed by atoms with Crippen molar-refractivity contribution in [3.63, 3.8) is 0 Å². The third-order valence-electron chi connectivity index (χ3n) is 8.80. The quantitative estimate of drug-likeness (QED) is 0.416. The normalized spacial score (nSPS) is 32.6. The van der Waals surface area contributed by atoms with E-state index >= 15 is 0 Å². The van der Waals surface area contributed by atoms with Crippen molar-refractivity contribution in [2.24, 2.45) is 23.7 Å². The smallest absolute Gasteiger partial charge is 0.0159 e. The molecule has 0 saturated heterocycles. The van der Waals surface area contributed by atoms with Crippen LogP contribution >= 0.6 is 0 Å². The maximum atomic E-state index is 2.64. The van der Waals surface area contributed by atoms with Gasteiger partial charge in [0, 0.05) is 0 Å². The van der Waals surface area contributed by atoms with Crippen molar-refractivity contribution in [2.45, 2.75) is 116 Å². The predicted octanol–water partition coefficient (Wildman–Crippen LogP) is 8.47. The lowest BCUT2D eigenvalue weighted by Crippen LogP contribution is -2.30. The van der Waals surface area contributed by atoms with Crippen LogP contribution in [0.15, 0.2) is 18.2 Å². The lowest BCUT2D eigenvalue weighted by molar-refractivity contribution is 0.116. The molecule has 0 radical (unpaired) electrons. The highest BCUT2D eigenvalue weighted by molar-refractivity contribution is 5.36. The minimum atomic E-state index is 0.858. The fourth-order valence-electron chi connectivity index (χ4n) is 6.87. The standard InChI is InChI=1S/C28H44/c1-3-5-6-7-8-22-10-12-26-20-28(16-14-24(26)18-22)27-15-13-23-17-21(4-2)9-11-25(23)19-27/h14,16,20-23,25,27H,3-13,15,17-19H2,1-2H3. The Morgan fingerprint density at radius 2 is 1.64 bits per heavy atom. The van der Waals surface area contributed by atoms with Gasteiger partial charge in [-0.3, -0.25) is 0 Å². The first kappa shape index (κ1) is 20.5. The molecule has 3 aliphatic carbocycles. The largest absolute Gasteiger partial charge is 0.0654 e. The van der Waals surface area contributed by atoms with Gasteiger partial charge in [0.05, 0.1) is 0 Å². The Labute approximate surface area is 174 Å². The van der Waals surface area contributed by atoms with E-state index in [1.165, 1.54) is 96.3 Å². The highest BCUT2D eigenvalue weighted by Gasteiger charge is 2.35. The van der Waals surface area contributed by atoms with E-state index in [0.717, 1.165) is 29.6 Å². The second-order valence-electron chi connectivity index (χ2n) is 10.6. The molecule has 28 heavy (non-hydrogen) atoms. The maximum absolute atomic E-state index is 2.64. The van der Waals surface area contributed by atoms with Crippen LogP contribution in [0.4, 0.5) is 0 Å². The Balaban J connectivity index is 1.33. The zero-order chi connectivity index (χ0) is 19.3. The molecule has 0 N–H and O–H groups in total. The van der Waals surface area contributed by atoms with E-state index in [1.54, 1.807) is 16.7 Å². The molecule has 5 unspecified atom stereocenters. The molecule has 1 aromatic rings. The molecule has 3 aliphatic rings. The lowest BCUT2D eigenvalue weighted by Gasteiger charge is -2.42. The number of rotatable bonds is 7. The summed E-state index contributed by atoms with van der Waals surface area (Å²) in [5.74, 6) is 4.94. The molecule has 0 aliphatic heterocycles. The molecule has 0 heterocycles. The van der Waals surface area contributed by atoms with Crippen LogP contribution in [-0.4, -0.2) is 0 Å². The first-order chi connectivity index (χ1) is 13.8. The van der Waals surface area contributed by atoms with Crippen LogP contribution < -0.4 is 0 Å². The van der Waals surface area contributed by atoms with Crippen LogP contribution in [0.25, 0.3) is 0 Å². The fraction of sp³-hybridized carbons (Fsp3) is 0.786. The van der Waals surface area contributed by atoms with Gasteiger partial charge >= 0.3 is 0 Å². The summed E-state index contributed by atoms with van der Waals surface area (Å²) in [4.78, 5) is 0. The van der Waals surface area contributed by atoms with Crippen LogP contribution in [0.1, 0.15) is 120 Å². The Kier molecular flexibility index (Phi) is 7.18. The SMILES string of the molecule is CCCCCCC1CCc2cc(C3CCC4CC(CC)CCC4C3)ccc2C1. The van der Waals surface area contributed by atoms with Crippen LogP contribution in [0.3, 0.4) is 0 Å². The van der Waals surface area contributed by atoms with Crippen LogP contribution in [-0.2, 0) is 12.8 Å². The molecule has 2 saturated carbocycles. The highest BCUT2D eigenvalue weighted by Crippen LogP contribution is 2.48. The van der Waals surface area contributed by atoms with E-state index < -0.39 is 0 Å². The van der Waals surface area contributed by atoms with Crippen molar-refractivity contribution in [1.82, 2.24) is 0 Å². The highest BCUT2D eigenvalue weighted by atomic mass is 14.4. The van der Waals surface area contributed by atoms with Gasteiger partial charge in [-0.1, -0.05) is 77.0 Å². The second-order valence-corrected chi connectivity index (χ2v) is 10.6. The minimum absolute atomic E-state index is 0.858. The molecule has 0 nitrogen and oxygen atoms in total. The zero-order valence-corrected chi connectivity index (χ0v) is 18.7. The third-order valence-corrected chi connectivity index (χ3v) is 8.80. The molecular weight excluding hydrogens is 336 g/mol.